The molecule has 32 heavy (non-hydrogen) atoms. The molecule has 1 aliphatic rings. The summed E-state index contributed by atoms with van der Waals surface area (Å²) in [7, 11) is -0.356. The summed E-state index contributed by atoms with van der Waals surface area (Å²) < 4.78 is 35.6. The molecule has 0 fully saturated rings. The van der Waals surface area contributed by atoms with Crippen LogP contribution in [-0.4, -0.2) is 72.8 Å². The van der Waals surface area contributed by atoms with Gasteiger partial charge in [0, 0.05) is 43.5 Å². The highest BCUT2D eigenvalue weighted by atomic mass is 32.2. The number of benzene rings is 1. The number of imidazole rings is 1. The molecular weight excluding hydrogens is 434 g/mol. The molecule has 1 aromatic heterocycles. The van der Waals surface area contributed by atoms with Crippen LogP contribution < -0.4 is 14.8 Å². The number of likely N-dealkylation sites (N-methyl/N-ethyl adjacent to an activating group) is 1. The Hall–Kier alpha value is -2.63. The topological polar surface area (TPSA) is 126 Å². The Balaban J connectivity index is 1.96. The Bertz CT molecular complexity index is 1050. The molecule has 3 rings (SSSR count). The number of aliphatic hydroxyl groups excluding tert-OH is 1. The third-order valence-electron chi connectivity index (χ3n) is 5.53. The summed E-state index contributed by atoms with van der Waals surface area (Å²) in [5.74, 6) is 0.386. The quantitative estimate of drug-likeness (QED) is 0.546. The zero-order valence-corrected chi connectivity index (χ0v) is 19.6. The van der Waals surface area contributed by atoms with E-state index < -0.39 is 10.0 Å². The SMILES string of the molecule is CNC[C@H]1Oc2ccc(NS(=O)(=O)c3cn(C)cn3)cc2CC(=O)N([C@@H](C)CO)C[C@H]1C. The summed E-state index contributed by atoms with van der Waals surface area (Å²) in [6.45, 7) is 4.68. The average Bonchev–Trinajstić information content (AvgIpc) is 3.20. The van der Waals surface area contributed by atoms with Crippen molar-refractivity contribution in [3.63, 3.8) is 0 Å². The monoisotopic (exact) mass is 465 g/mol. The van der Waals surface area contributed by atoms with Crippen molar-refractivity contribution in [2.24, 2.45) is 13.0 Å². The maximum Gasteiger partial charge on any atom is 0.280 e. The molecule has 1 aliphatic heterocycles. The van der Waals surface area contributed by atoms with Crippen LogP contribution in [0.25, 0.3) is 0 Å². The van der Waals surface area contributed by atoms with E-state index in [9.17, 15) is 18.3 Å². The van der Waals surface area contributed by atoms with Gasteiger partial charge in [-0.3, -0.25) is 9.52 Å². The maximum absolute atomic E-state index is 13.1. The van der Waals surface area contributed by atoms with Crippen molar-refractivity contribution in [2.45, 2.75) is 37.4 Å². The van der Waals surface area contributed by atoms with E-state index in [1.807, 2.05) is 14.0 Å². The summed E-state index contributed by atoms with van der Waals surface area (Å²) >= 11 is 0. The lowest BCUT2D eigenvalue weighted by molar-refractivity contribution is -0.134. The fourth-order valence-corrected chi connectivity index (χ4v) is 4.71. The second-order valence-corrected chi connectivity index (χ2v) is 9.88. The molecule has 0 bridgehead atoms. The first-order valence-corrected chi connectivity index (χ1v) is 12.0. The molecule has 0 saturated carbocycles. The zero-order chi connectivity index (χ0) is 23.5. The number of rotatable bonds is 7. The van der Waals surface area contributed by atoms with Gasteiger partial charge < -0.3 is 24.6 Å². The summed E-state index contributed by atoms with van der Waals surface area (Å²) in [6.07, 6.45) is 2.63. The van der Waals surface area contributed by atoms with Crippen LogP contribution in [0.5, 0.6) is 5.75 Å². The van der Waals surface area contributed by atoms with E-state index in [0.717, 1.165) is 0 Å². The van der Waals surface area contributed by atoms with E-state index >= 15 is 0 Å². The van der Waals surface area contributed by atoms with Crippen LogP contribution in [0.1, 0.15) is 19.4 Å². The number of carbonyl (C=O) groups excluding carboxylic acids is 1. The molecule has 0 unspecified atom stereocenters. The van der Waals surface area contributed by atoms with Gasteiger partial charge in [-0.05, 0) is 32.2 Å². The highest BCUT2D eigenvalue weighted by Crippen LogP contribution is 2.29. The van der Waals surface area contributed by atoms with Gasteiger partial charge in [-0.15, -0.1) is 0 Å². The lowest BCUT2D eigenvalue weighted by Crippen LogP contribution is -2.47. The van der Waals surface area contributed by atoms with Crippen molar-refractivity contribution in [3.05, 3.63) is 36.3 Å². The van der Waals surface area contributed by atoms with E-state index in [-0.39, 0.29) is 42.0 Å². The molecule has 1 amide bonds. The minimum Gasteiger partial charge on any atom is -0.488 e. The normalized spacial score (nSPS) is 20.5. The van der Waals surface area contributed by atoms with Gasteiger partial charge in [0.25, 0.3) is 10.0 Å². The summed E-state index contributed by atoms with van der Waals surface area (Å²) in [6, 6.07) is 4.56. The van der Waals surface area contributed by atoms with Crippen LogP contribution in [0, 0.1) is 5.92 Å². The highest BCUT2D eigenvalue weighted by Gasteiger charge is 2.30. The Morgan fingerprint density at radius 3 is 2.75 bits per heavy atom. The minimum atomic E-state index is -3.87. The first-order chi connectivity index (χ1) is 15.1. The predicted octanol–water partition coefficient (Wildman–Crippen LogP) is 0.589. The number of hydrogen-bond donors (Lipinski definition) is 3. The molecule has 2 heterocycles. The van der Waals surface area contributed by atoms with E-state index in [1.165, 1.54) is 12.5 Å². The Morgan fingerprint density at radius 1 is 1.38 bits per heavy atom. The molecule has 2 aromatic rings. The molecule has 11 heteroatoms. The largest absolute Gasteiger partial charge is 0.488 e. The molecule has 176 valence electrons. The maximum atomic E-state index is 13.1. The molecule has 3 atom stereocenters. The van der Waals surface area contributed by atoms with Crippen LogP contribution in [0.3, 0.4) is 0 Å². The average molecular weight is 466 g/mol. The van der Waals surface area contributed by atoms with Gasteiger partial charge in [0.1, 0.15) is 11.9 Å². The number of amides is 1. The number of anilines is 1. The van der Waals surface area contributed by atoms with Crippen molar-refractivity contribution in [2.75, 3.05) is 31.5 Å². The van der Waals surface area contributed by atoms with Gasteiger partial charge in [0.15, 0.2) is 5.03 Å². The number of aliphatic hydroxyl groups is 1. The Morgan fingerprint density at radius 2 is 2.12 bits per heavy atom. The number of nitrogens with one attached hydrogen (secondary N) is 2. The van der Waals surface area contributed by atoms with Crippen molar-refractivity contribution in [1.29, 1.82) is 0 Å². The molecule has 0 saturated heterocycles. The smallest absolute Gasteiger partial charge is 0.280 e. The van der Waals surface area contributed by atoms with Gasteiger partial charge in [0.2, 0.25) is 5.91 Å². The number of nitrogens with zero attached hydrogens (tertiary/aromatic N) is 3. The summed E-state index contributed by atoms with van der Waals surface area (Å²) in [5.41, 5.74) is 0.881. The van der Waals surface area contributed by atoms with Crippen molar-refractivity contribution in [3.8, 4) is 5.75 Å². The van der Waals surface area contributed by atoms with Crippen molar-refractivity contribution < 1.29 is 23.1 Å². The number of aryl methyl sites for hydroxylation is 1. The highest BCUT2D eigenvalue weighted by molar-refractivity contribution is 7.92. The predicted molar refractivity (Wildman–Crippen MR) is 120 cm³/mol. The molecule has 1 aromatic carbocycles. The first kappa shape index (κ1) is 24.0. The fraction of sp³-hybridized carbons (Fsp3) is 0.524. The van der Waals surface area contributed by atoms with Gasteiger partial charge in [0.05, 0.1) is 25.4 Å². The number of carbonyl (C=O) groups is 1. The molecule has 0 aliphatic carbocycles. The lowest BCUT2D eigenvalue weighted by Gasteiger charge is -2.32. The summed E-state index contributed by atoms with van der Waals surface area (Å²) in [4.78, 5) is 18.7. The van der Waals surface area contributed by atoms with Crippen LogP contribution in [0.4, 0.5) is 5.69 Å². The van der Waals surface area contributed by atoms with Gasteiger partial charge in [-0.1, -0.05) is 6.92 Å². The van der Waals surface area contributed by atoms with Crippen molar-refractivity contribution in [1.82, 2.24) is 19.8 Å². The molecular formula is C21H31N5O5S. The molecule has 0 spiro atoms. The Labute approximate surface area is 188 Å². The zero-order valence-electron chi connectivity index (χ0n) is 18.8. The van der Waals surface area contributed by atoms with Crippen LogP contribution >= 0.6 is 0 Å². The number of hydrogen-bond acceptors (Lipinski definition) is 7. The Kier molecular flexibility index (Phi) is 7.42. The third kappa shape index (κ3) is 5.40. The van der Waals surface area contributed by atoms with Gasteiger partial charge in [-0.2, -0.15) is 8.42 Å². The number of ether oxygens (including phenoxy) is 1. The summed E-state index contributed by atoms with van der Waals surface area (Å²) in [5, 5.41) is 12.7. The van der Waals surface area contributed by atoms with Crippen LogP contribution in [-0.2, 0) is 28.3 Å². The van der Waals surface area contributed by atoms with E-state index in [0.29, 0.717) is 30.1 Å². The number of sulfonamides is 1. The fourth-order valence-electron chi connectivity index (χ4n) is 3.67. The van der Waals surface area contributed by atoms with Crippen LogP contribution in [0.2, 0.25) is 0 Å². The van der Waals surface area contributed by atoms with Gasteiger partial charge in [-0.25, -0.2) is 4.98 Å². The van der Waals surface area contributed by atoms with Gasteiger partial charge >= 0.3 is 0 Å². The van der Waals surface area contributed by atoms with E-state index in [2.05, 4.69) is 15.0 Å². The van der Waals surface area contributed by atoms with E-state index in [4.69, 9.17) is 4.74 Å². The standard InChI is InChI=1S/C21H31N5O5S/c1-14-10-26(15(2)12-27)21(28)8-16-7-17(5-6-18(16)31-19(14)9-22-3)24-32(29,30)20-11-25(4)13-23-20/h5-7,11,13-15,19,22,24,27H,8-10,12H2,1-4H3/t14-,15+,19-/m1/s1. The van der Waals surface area contributed by atoms with Crippen LogP contribution in [0.15, 0.2) is 35.7 Å². The number of fused-ring (bicyclic) bond motifs is 1. The van der Waals surface area contributed by atoms with Crippen molar-refractivity contribution >= 4 is 21.6 Å². The minimum absolute atomic E-state index is 0.00804. The van der Waals surface area contributed by atoms with E-state index in [1.54, 1.807) is 41.6 Å². The molecule has 10 nitrogen and oxygen atoms in total. The first-order valence-electron chi connectivity index (χ1n) is 10.5. The number of aromatic nitrogens is 2. The molecule has 3 N–H and O–H groups in total. The second-order valence-electron chi connectivity index (χ2n) is 8.25. The molecule has 0 radical (unpaired) electrons. The third-order valence-corrected chi connectivity index (χ3v) is 6.80. The second kappa shape index (κ2) is 9.88. The lowest BCUT2D eigenvalue weighted by atomic mass is 10.0.